The van der Waals surface area contributed by atoms with E-state index < -0.39 is 83.7 Å². The number of esters is 1. The van der Waals surface area contributed by atoms with Crippen LogP contribution in [-0.2, 0) is 23.8 Å². The molecule has 1 aliphatic carbocycles. The van der Waals surface area contributed by atoms with Crippen molar-refractivity contribution in [3.63, 3.8) is 0 Å². The third kappa shape index (κ3) is 9.47. The number of hydrogen-bond acceptors (Lipinski definition) is 14. The fourth-order valence-corrected chi connectivity index (χ4v) is 9.17. The number of allylic oxidation sites excluding steroid dienone is 2. The molecular weight excluding hydrogens is 835 g/mol. The van der Waals surface area contributed by atoms with E-state index in [2.05, 4.69) is 30.6 Å². The number of para-hydroxylation sites is 1. The summed E-state index contributed by atoms with van der Waals surface area (Å²) in [7, 11) is 1.50. The molecule has 5 aliphatic rings. The van der Waals surface area contributed by atoms with Gasteiger partial charge < -0.3 is 54.0 Å². The quantitative estimate of drug-likeness (QED) is 0.214. The summed E-state index contributed by atoms with van der Waals surface area (Å²) in [5.74, 6) is -5.05. The van der Waals surface area contributed by atoms with Crippen LogP contribution in [0.5, 0.6) is 23.0 Å². The summed E-state index contributed by atoms with van der Waals surface area (Å²) in [6, 6.07) is 3.93. The first kappa shape index (κ1) is 49.0. The summed E-state index contributed by atoms with van der Waals surface area (Å²) >= 11 is 0. The molecule has 0 radical (unpaired) electrons. The van der Waals surface area contributed by atoms with Gasteiger partial charge in [0.05, 0.1) is 35.8 Å². The highest BCUT2D eigenvalue weighted by atomic mass is 16.7. The van der Waals surface area contributed by atoms with Crippen LogP contribution in [0.3, 0.4) is 0 Å². The summed E-state index contributed by atoms with van der Waals surface area (Å²) < 4.78 is 37.5. The molecule has 2 aromatic carbocycles. The van der Waals surface area contributed by atoms with E-state index in [0.29, 0.717) is 41.5 Å². The van der Waals surface area contributed by atoms with Crippen molar-refractivity contribution in [2.24, 2.45) is 28.7 Å². The van der Waals surface area contributed by atoms with Gasteiger partial charge in [0.2, 0.25) is 5.91 Å². The average molecular weight is 900 g/mol. The number of hydrogen-bond donors (Lipinski definition) is 4. The Hall–Kier alpha value is -5.48. The Morgan fingerprint density at radius 3 is 2.37 bits per heavy atom. The number of ether oxygens (including phenoxy) is 6. The van der Waals surface area contributed by atoms with Gasteiger partial charge in [-0.25, -0.2) is 4.99 Å². The maximum absolute atomic E-state index is 14.9. The SMILES string of the molecule is C=C1c2c3c(C)c(O)c4c2C2=Nc5c(OCCN(CC)CC)cccc5OC2C(NC(=O)/C(C)=C\C=C\[C@H](C)[C@H](O)[C@@H](C)[C@@H](O)[C@@H](C)[C@H](OC(C)=O)[C@H](C)[C@@H](OC)/C=C/O[C@@]1(C)O3)C4=O. The first-order valence-corrected chi connectivity index (χ1v) is 22.4. The predicted octanol–water partition coefficient (Wildman–Crippen LogP) is 6.37. The van der Waals surface area contributed by atoms with Crippen LogP contribution >= 0.6 is 0 Å². The molecule has 2 unspecified atom stereocenters. The zero-order valence-corrected chi connectivity index (χ0v) is 39.3. The number of carbonyl (C=O) groups is 3. The summed E-state index contributed by atoms with van der Waals surface area (Å²) in [5.41, 5.74) is 1.90. The number of aliphatic hydroxyl groups excluding tert-OH is 2. The van der Waals surface area contributed by atoms with E-state index in [1.807, 2.05) is 6.92 Å². The smallest absolute Gasteiger partial charge is 0.302 e. The Morgan fingerprint density at radius 2 is 1.71 bits per heavy atom. The number of amides is 1. The zero-order valence-electron chi connectivity index (χ0n) is 39.3. The minimum atomic E-state index is -1.59. The van der Waals surface area contributed by atoms with Crippen molar-refractivity contribution >= 4 is 34.6 Å². The summed E-state index contributed by atoms with van der Waals surface area (Å²) in [5, 5.41) is 37.9. The number of phenols is 1. The number of fused-ring (bicyclic) bond motifs is 14. The molecule has 0 fully saturated rings. The van der Waals surface area contributed by atoms with E-state index in [0.717, 1.165) is 13.1 Å². The van der Waals surface area contributed by atoms with E-state index in [4.69, 9.17) is 33.4 Å². The van der Waals surface area contributed by atoms with Gasteiger partial charge in [-0.15, -0.1) is 0 Å². The van der Waals surface area contributed by atoms with Crippen molar-refractivity contribution in [3.05, 3.63) is 83.2 Å². The summed E-state index contributed by atoms with van der Waals surface area (Å²) in [6.07, 6.45) is 3.06. The third-order valence-corrected chi connectivity index (χ3v) is 13.4. The number of carbonyl (C=O) groups excluding carboxylic acids is 3. The predicted molar refractivity (Wildman–Crippen MR) is 246 cm³/mol. The lowest BCUT2D eigenvalue weighted by Gasteiger charge is -2.38. The van der Waals surface area contributed by atoms with Crippen LogP contribution in [0, 0.1) is 30.6 Å². The average Bonchev–Trinajstić information content (AvgIpc) is 3.55. The second-order valence-electron chi connectivity index (χ2n) is 17.7. The van der Waals surface area contributed by atoms with Gasteiger partial charge in [-0.05, 0) is 45.1 Å². The molecule has 4 aliphatic heterocycles. The largest absolute Gasteiger partial charge is 0.507 e. The molecule has 15 nitrogen and oxygen atoms in total. The lowest BCUT2D eigenvalue weighted by Crippen LogP contribution is -2.58. The Balaban J connectivity index is 1.51. The van der Waals surface area contributed by atoms with Crippen molar-refractivity contribution in [2.75, 3.05) is 33.4 Å². The number of nitrogens with zero attached hydrogens (tertiary/aromatic N) is 2. The Morgan fingerprint density at radius 1 is 1.00 bits per heavy atom. The third-order valence-electron chi connectivity index (χ3n) is 13.4. The van der Waals surface area contributed by atoms with Gasteiger partial charge in [-0.3, -0.25) is 14.4 Å². The molecule has 5 bridgehead atoms. The van der Waals surface area contributed by atoms with Gasteiger partial charge in [0.25, 0.3) is 5.79 Å². The highest BCUT2D eigenvalue weighted by molar-refractivity contribution is 6.26. The number of aromatic hydroxyl groups is 1. The van der Waals surface area contributed by atoms with E-state index in [9.17, 15) is 29.7 Å². The Bertz CT molecular complexity index is 2300. The second kappa shape index (κ2) is 19.9. The number of nitrogens with one attached hydrogen (secondary N) is 1. The van der Waals surface area contributed by atoms with Crippen LogP contribution in [0.25, 0.3) is 5.57 Å². The molecule has 15 heteroatoms. The van der Waals surface area contributed by atoms with Crippen LogP contribution in [0.2, 0.25) is 0 Å². The first-order chi connectivity index (χ1) is 30.8. The lowest BCUT2D eigenvalue weighted by atomic mass is 9.77. The maximum Gasteiger partial charge on any atom is 0.302 e. The number of likely N-dealkylation sites (N-methyl/N-ethyl adjacent to an activating group) is 1. The molecule has 0 saturated heterocycles. The summed E-state index contributed by atoms with van der Waals surface area (Å²) in [4.78, 5) is 48.7. The number of methoxy groups -OCH3 is 1. The number of rotatable bonds is 8. The van der Waals surface area contributed by atoms with Crippen molar-refractivity contribution in [3.8, 4) is 23.0 Å². The zero-order chi connectivity index (χ0) is 47.7. The van der Waals surface area contributed by atoms with Crippen LogP contribution in [0.4, 0.5) is 5.69 Å². The molecule has 4 heterocycles. The van der Waals surface area contributed by atoms with E-state index in [1.165, 1.54) is 20.3 Å². The van der Waals surface area contributed by atoms with Crippen molar-refractivity contribution in [1.82, 2.24) is 10.2 Å². The minimum Gasteiger partial charge on any atom is -0.507 e. The molecule has 0 saturated carbocycles. The second-order valence-corrected chi connectivity index (χ2v) is 17.7. The van der Waals surface area contributed by atoms with Crippen molar-refractivity contribution in [2.45, 2.75) is 112 Å². The maximum atomic E-state index is 14.9. The van der Waals surface area contributed by atoms with Crippen LogP contribution < -0.4 is 19.5 Å². The fraction of sp³-hybridized carbons (Fsp3) is 0.520. The molecule has 11 atom stereocenters. The minimum absolute atomic E-state index is 0.0907. The Labute approximate surface area is 381 Å². The molecule has 65 heavy (non-hydrogen) atoms. The number of phenolic OH excluding ortho intramolecular Hbond substituents is 1. The molecule has 0 aromatic heterocycles. The van der Waals surface area contributed by atoms with E-state index >= 15 is 0 Å². The molecular formula is C50H65N3O12. The molecule has 2 aromatic rings. The first-order valence-electron chi connectivity index (χ1n) is 22.4. The van der Waals surface area contributed by atoms with E-state index in [-0.39, 0.29) is 39.5 Å². The van der Waals surface area contributed by atoms with Gasteiger partial charge >= 0.3 is 5.97 Å². The number of aliphatic imine (C=N–C) groups is 1. The lowest BCUT2D eigenvalue weighted by molar-refractivity contribution is -0.160. The normalized spacial score (nSPS) is 32.1. The molecule has 352 valence electrons. The van der Waals surface area contributed by atoms with Crippen LogP contribution in [0.1, 0.15) is 89.4 Å². The number of aliphatic hydroxyl groups is 2. The van der Waals surface area contributed by atoms with Gasteiger partial charge in [-0.2, -0.15) is 0 Å². The molecule has 4 N–H and O–H groups in total. The van der Waals surface area contributed by atoms with Crippen molar-refractivity contribution < 1.29 is 58.1 Å². The number of benzene rings is 2. The van der Waals surface area contributed by atoms with E-state index in [1.54, 1.807) is 84.0 Å². The van der Waals surface area contributed by atoms with Crippen molar-refractivity contribution in [1.29, 1.82) is 0 Å². The highest BCUT2D eigenvalue weighted by Gasteiger charge is 2.53. The van der Waals surface area contributed by atoms with Crippen LogP contribution in [0.15, 0.2) is 65.9 Å². The number of Topliss-reactive ketones (excluding diaryl/α,β-unsaturated/α-hetero) is 1. The van der Waals surface area contributed by atoms with Gasteiger partial charge in [0, 0.05) is 79.0 Å². The van der Waals surface area contributed by atoms with Gasteiger partial charge in [0.15, 0.2) is 11.9 Å². The number of ketones is 1. The molecule has 7 rings (SSSR count). The molecule has 1 amide bonds. The summed E-state index contributed by atoms with van der Waals surface area (Å²) in [6.45, 7) is 24.6. The van der Waals surface area contributed by atoms with Crippen LogP contribution in [-0.4, -0.2) is 119 Å². The molecule has 0 spiro atoms. The van der Waals surface area contributed by atoms with Gasteiger partial charge in [0.1, 0.15) is 47.4 Å². The standard InChI is InChI=1S/C50H65N3O12/c1-13-53(14-2)22-24-61-34-19-16-20-35-39(34)51-40-37-36-31(9)50(11)62-23-21-33(60-12)27(5)46(63-32(10)54)29(7)43(56)28(6)42(55)25(3)17-15-18-26(4)49(59)52-41(48(40)64-35)45(58)38(37)44(57)30(8)47(36)65-50/h15-21,23,25,27-29,33,41-43,46,48,55-57H,9,13-14,22,24H2,1-8,10-12H3,(H,52,59)/b17-15+,23-21+,26-18-/t25-,27+,28+,29+,33-,41?,42-,43+,46+,48?,50-/m0/s1. The Kier molecular flexibility index (Phi) is 15.0. The topological polar surface area (TPSA) is 195 Å². The van der Waals surface area contributed by atoms with Gasteiger partial charge in [-0.1, -0.05) is 72.4 Å². The highest BCUT2D eigenvalue weighted by Crippen LogP contribution is 2.54. The fourth-order valence-electron chi connectivity index (χ4n) is 9.17. The monoisotopic (exact) mass is 899 g/mol.